The molecule has 0 spiro atoms. The van der Waals surface area contributed by atoms with Crippen molar-refractivity contribution in [3.63, 3.8) is 0 Å². The summed E-state index contributed by atoms with van der Waals surface area (Å²) in [5.41, 5.74) is 3.57. The van der Waals surface area contributed by atoms with Crippen LogP contribution in [0.25, 0.3) is 0 Å². The van der Waals surface area contributed by atoms with E-state index in [1.54, 1.807) is 0 Å². The first kappa shape index (κ1) is 16.8. The van der Waals surface area contributed by atoms with Crippen LogP contribution < -0.4 is 0 Å². The lowest BCUT2D eigenvalue weighted by Gasteiger charge is -2.11. The van der Waals surface area contributed by atoms with E-state index in [1.807, 2.05) is 24.3 Å². The van der Waals surface area contributed by atoms with Crippen LogP contribution >= 0.6 is 15.9 Å². The van der Waals surface area contributed by atoms with Gasteiger partial charge >= 0.3 is 0 Å². The van der Waals surface area contributed by atoms with E-state index in [1.165, 1.54) is 11.1 Å². The number of alkyl halides is 1. The van der Waals surface area contributed by atoms with Gasteiger partial charge in [-0.2, -0.15) is 0 Å². The van der Waals surface area contributed by atoms with E-state index < -0.39 is 0 Å². The fourth-order valence-corrected chi connectivity index (χ4v) is 2.59. The van der Waals surface area contributed by atoms with Gasteiger partial charge in [-0.3, -0.25) is 0 Å². The Morgan fingerprint density at radius 1 is 1.05 bits per heavy atom. The molecule has 0 aliphatic rings. The molecule has 0 unspecified atom stereocenters. The van der Waals surface area contributed by atoms with Crippen LogP contribution in [0, 0.1) is 11.8 Å². The lowest BCUT2D eigenvalue weighted by molar-refractivity contribution is 0.0768. The van der Waals surface area contributed by atoms with Gasteiger partial charge in [-0.15, -0.1) is 0 Å². The molecule has 0 aliphatic heterocycles. The van der Waals surface area contributed by atoms with Gasteiger partial charge < -0.3 is 4.74 Å². The third kappa shape index (κ3) is 5.33. The smallest absolute Gasteiger partial charge is 0.119 e. The number of ether oxygens (including phenoxy) is 1. The molecule has 0 aromatic heterocycles. The van der Waals surface area contributed by atoms with Gasteiger partial charge in [0.2, 0.25) is 0 Å². The van der Waals surface area contributed by atoms with E-state index in [4.69, 9.17) is 4.74 Å². The van der Waals surface area contributed by atoms with Gasteiger partial charge in [-0.1, -0.05) is 83.2 Å². The van der Waals surface area contributed by atoms with Crippen molar-refractivity contribution in [1.29, 1.82) is 0 Å². The maximum absolute atomic E-state index is 5.96. The quantitative estimate of drug-likeness (QED) is 0.524. The second-order valence-electron chi connectivity index (χ2n) is 5.04. The van der Waals surface area contributed by atoms with Gasteiger partial charge in [-0.05, 0) is 30.0 Å². The molecule has 0 radical (unpaired) electrons. The van der Waals surface area contributed by atoms with E-state index in [2.05, 4.69) is 65.0 Å². The molecule has 2 rings (SSSR count). The zero-order valence-electron chi connectivity index (χ0n) is 12.9. The SMILES string of the molecule is CCc1ccccc1C#C[C@H](CCBr)OCc1ccccc1. The lowest BCUT2D eigenvalue weighted by atomic mass is 10.1. The number of hydrogen-bond donors (Lipinski definition) is 0. The predicted octanol–water partition coefficient (Wildman–Crippen LogP) is 4.97. The zero-order chi connectivity index (χ0) is 15.6. The Balaban J connectivity index is 2.04. The van der Waals surface area contributed by atoms with Crippen molar-refractivity contribution in [2.24, 2.45) is 0 Å². The average Bonchev–Trinajstić information content (AvgIpc) is 2.58. The second-order valence-corrected chi connectivity index (χ2v) is 5.84. The highest BCUT2D eigenvalue weighted by atomic mass is 79.9. The molecule has 114 valence electrons. The van der Waals surface area contributed by atoms with Crippen molar-refractivity contribution in [3.8, 4) is 11.8 Å². The number of hydrogen-bond acceptors (Lipinski definition) is 1. The third-order valence-corrected chi connectivity index (χ3v) is 3.89. The van der Waals surface area contributed by atoms with Crippen LogP contribution in [0.15, 0.2) is 54.6 Å². The van der Waals surface area contributed by atoms with E-state index in [9.17, 15) is 0 Å². The minimum absolute atomic E-state index is 0.0514. The Kier molecular flexibility index (Phi) is 7.22. The summed E-state index contributed by atoms with van der Waals surface area (Å²) in [6, 6.07) is 18.5. The first-order chi connectivity index (χ1) is 10.8. The zero-order valence-corrected chi connectivity index (χ0v) is 14.5. The predicted molar refractivity (Wildman–Crippen MR) is 96.1 cm³/mol. The standard InChI is InChI=1S/C20H21BrO/c1-2-18-10-6-7-11-19(18)12-13-20(14-15-21)22-16-17-8-4-3-5-9-17/h3-11,20H,2,14-16H2,1H3/t20-/m1/s1. The Hall–Kier alpha value is -1.56. The number of rotatable bonds is 6. The van der Waals surface area contributed by atoms with Crippen LogP contribution in [0.3, 0.4) is 0 Å². The molecular weight excluding hydrogens is 336 g/mol. The first-order valence-corrected chi connectivity index (χ1v) is 8.76. The largest absolute Gasteiger partial charge is 0.361 e. The summed E-state index contributed by atoms with van der Waals surface area (Å²) in [4.78, 5) is 0. The molecule has 1 nitrogen and oxygen atoms in total. The fourth-order valence-electron chi connectivity index (χ4n) is 2.18. The normalized spacial score (nSPS) is 11.5. The maximum Gasteiger partial charge on any atom is 0.119 e. The van der Waals surface area contributed by atoms with Crippen molar-refractivity contribution < 1.29 is 4.74 Å². The molecule has 22 heavy (non-hydrogen) atoms. The first-order valence-electron chi connectivity index (χ1n) is 7.64. The summed E-state index contributed by atoms with van der Waals surface area (Å²) in [6.07, 6.45) is 1.83. The number of halogens is 1. The summed E-state index contributed by atoms with van der Waals surface area (Å²) >= 11 is 3.48. The highest BCUT2D eigenvalue weighted by molar-refractivity contribution is 9.09. The van der Waals surface area contributed by atoms with Gasteiger partial charge in [0.15, 0.2) is 0 Å². The summed E-state index contributed by atoms with van der Waals surface area (Å²) in [6.45, 7) is 2.75. The maximum atomic E-state index is 5.96. The van der Waals surface area contributed by atoms with Crippen molar-refractivity contribution >= 4 is 15.9 Å². The molecule has 0 N–H and O–H groups in total. The van der Waals surface area contributed by atoms with Gasteiger partial charge in [0.1, 0.15) is 6.10 Å². The van der Waals surface area contributed by atoms with E-state index in [-0.39, 0.29) is 6.10 Å². The Morgan fingerprint density at radius 3 is 2.50 bits per heavy atom. The Morgan fingerprint density at radius 2 is 1.77 bits per heavy atom. The van der Waals surface area contributed by atoms with Crippen LogP contribution in [-0.2, 0) is 17.8 Å². The monoisotopic (exact) mass is 356 g/mol. The summed E-state index contributed by atoms with van der Waals surface area (Å²) < 4.78 is 5.96. The average molecular weight is 357 g/mol. The van der Waals surface area contributed by atoms with Crippen molar-refractivity contribution in [2.75, 3.05) is 5.33 Å². The number of benzene rings is 2. The fraction of sp³-hybridized carbons (Fsp3) is 0.300. The van der Waals surface area contributed by atoms with Crippen molar-refractivity contribution in [2.45, 2.75) is 32.5 Å². The molecule has 0 aliphatic carbocycles. The minimum atomic E-state index is -0.0514. The van der Waals surface area contributed by atoms with Crippen LogP contribution in [-0.4, -0.2) is 11.4 Å². The molecule has 2 heteroatoms. The molecule has 0 amide bonds. The Bertz CT molecular complexity index is 625. The van der Waals surface area contributed by atoms with Gasteiger partial charge in [0.05, 0.1) is 6.61 Å². The van der Waals surface area contributed by atoms with E-state index in [0.29, 0.717) is 6.61 Å². The second kappa shape index (κ2) is 9.46. The van der Waals surface area contributed by atoms with Gasteiger partial charge in [0, 0.05) is 10.9 Å². The molecular formula is C20H21BrO. The molecule has 1 atom stereocenters. The van der Waals surface area contributed by atoms with Crippen molar-refractivity contribution in [1.82, 2.24) is 0 Å². The molecule has 2 aromatic rings. The molecule has 0 bridgehead atoms. The van der Waals surface area contributed by atoms with E-state index in [0.717, 1.165) is 23.7 Å². The molecule has 2 aromatic carbocycles. The molecule has 0 saturated heterocycles. The summed E-state index contributed by atoms with van der Waals surface area (Å²) in [5, 5.41) is 0.885. The van der Waals surface area contributed by atoms with Crippen LogP contribution in [0.4, 0.5) is 0 Å². The minimum Gasteiger partial charge on any atom is -0.361 e. The van der Waals surface area contributed by atoms with Crippen LogP contribution in [0.5, 0.6) is 0 Å². The summed E-state index contributed by atoms with van der Waals surface area (Å²) in [7, 11) is 0. The van der Waals surface area contributed by atoms with Crippen LogP contribution in [0.1, 0.15) is 30.0 Å². The highest BCUT2D eigenvalue weighted by Crippen LogP contribution is 2.10. The van der Waals surface area contributed by atoms with Crippen molar-refractivity contribution in [3.05, 3.63) is 71.3 Å². The highest BCUT2D eigenvalue weighted by Gasteiger charge is 2.05. The Labute approximate surface area is 141 Å². The van der Waals surface area contributed by atoms with E-state index >= 15 is 0 Å². The molecule has 0 fully saturated rings. The van der Waals surface area contributed by atoms with Gasteiger partial charge in [-0.25, -0.2) is 0 Å². The van der Waals surface area contributed by atoms with Crippen LogP contribution in [0.2, 0.25) is 0 Å². The molecule has 0 saturated carbocycles. The van der Waals surface area contributed by atoms with Gasteiger partial charge in [0.25, 0.3) is 0 Å². The topological polar surface area (TPSA) is 9.23 Å². The summed E-state index contributed by atoms with van der Waals surface area (Å²) in [5.74, 6) is 6.57. The number of aryl methyl sites for hydroxylation is 1. The molecule has 0 heterocycles. The lowest BCUT2D eigenvalue weighted by Crippen LogP contribution is -2.11. The third-order valence-electron chi connectivity index (χ3n) is 3.43.